The Kier molecular flexibility index (Phi) is 5.91. The van der Waals surface area contributed by atoms with Crippen LogP contribution in [0.1, 0.15) is 20.8 Å². The second kappa shape index (κ2) is 7.44. The van der Waals surface area contributed by atoms with Crippen molar-refractivity contribution in [3.63, 3.8) is 0 Å². The summed E-state index contributed by atoms with van der Waals surface area (Å²) in [6.45, 7) is 4.74. The van der Waals surface area contributed by atoms with Crippen molar-refractivity contribution < 1.29 is 24.2 Å². The number of rotatable bonds is 6. The van der Waals surface area contributed by atoms with E-state index in [1.165, 1.54) is 0 Å². The number of benzene rings is 1. The number of carboxylic acid groups (broad SMARTS) is 1. The standard InChI is InChI=1S/C15H20N2O5/c1-15(2,3)14(21)16-8-12(18)17-10-4-6-11(7-5-10)22-9-13(19)20/h4-7H,8-9H2,1-3H3,(H,16,21)(H,17,18)(H,19,20). The van der Waals surface area contributed by atoms with Crippen molar-refractivity contribution in [1.29, 1.82) is 0 Å². The first-order chi connectivity index (χ1) is 10.2. The molecule has 2 amide bonds. The van der Waals surface area contributed by atoms with Gasteiger partial charge in [-0.05, 0) is 24.3 Å². The second-order valence-corrected chi connectivity index (χ2v) is 5.69. The molecule has 0 heterocycles. The predicted octanol–water partition coefficient (Wildman–Crippen LogP) is 1.25. The Morgan fingerprint density at radius 3 is 2.23 bits per heavy atom. The molecule has 0 radical (unpaired) electrons. The van der Waals surface area contributed by atoms with E-state index in [0.717, 1.165) is 0 Å². The average Bonchev–Trinajstić information content (AvgIpc) is 2.43. The largest absolute Gasteiger partial charge is 0.482 e. The van der Waals surface area contributed by atoms with Crippen molar-refractivity contribution in [1.82, 2.24) is 5.32 Å². The van der Waals surface area contributed by atoms with Crippen LogP contribution in [0.3, 0.4) is 0 Å². The number of carbonyl (C=O) groups excluding carboxylic acids is 2. The van der Waals surface area contributed by atoms with Gasteiger partial charge in [0.05, 0.1) is 6.54 Å². The third kappa shape index (κ3) is 6.25. The van der Waals surface area contributed by atoms with E-state index in [0.29, 0.717) is 11.4 Å². The number of aliphatic carboxylic acids is 1. The topological polar surface area (TPSA) is 105 Å². The molecule has 0 saturated carbocycles. The van der Waals surface area contributed by atoms with Crippen molar-refractivity contribution in [3.8, 4) is 5.75 Å². The van der Waals surface area contributed by atoms with Gasteiger partial charge < -0.3 is 20.5 Å². The molecule has 0 aliphatic carbocycles. The van der Waals surface area contributed by atoms with Crippen LogP contribution >= 0.6 is 0 Å². The molecule has 120 valence electrons. The maximum absolute atomic E-state index is 11.7. The van der Waals surface area contributed by atoms with Crippen LogP contribution in [0.25, 0.3) is 0 Å². The molecule has 3 N–H and O–H groups in total. The number of carbonyl (C=O) groups is 3. The van der Waals surface area contributed by atoms with Crippen molar-refractivity contribution >= 4 is 23.5 Å². The summed E-state index contributed by atoms with van der Waals surface area (Å²) < 4.78 is 4.97. The molecule has 1 rings (SSSR count). The molecule has 0 aromatic heterocycles. The fourth-order valence-corrected chi connectivity index (χ4v) is 1.41. The minimum absolute atomic E-state index is 0.118. The lowest BCUT2D eigenvalue weighted by Crippen LogP contribution is -2.39. The first-order valence-electron chi connectivity index (χ1n) is 6.71. The zero-order valence-corrected chi connectivity index (χ0v) is 12.8. The van der Waals surface area contributed by atoms with E-state index in [2.05, 4.69) is 10.6 Å². The summed E-state index contributed by atoms with van der Waals surface area (Å²) in [6, 6.07) is 6.26. The lowest BCUT2D eigenvalue weighted by Gasteiger charge is -2.17. The molecular formula is C15H20N2O5. The molecule has 1 aromatic rings. The fourth-order valence-electron chi connectivity index (χ4n) is 1.41. The lowest BCUT2D eigenvalue weighted by molar-refractivity contribution is -0.139. The van der Waals surface area contributed by atoms with Gasteiger partial charge in [-0.15, -0.1) is 0 Å². The van der Waals surface area contributed by atoms with E-state index < -0.39 is 18.0 Å². The van der Waals surface area contributed by atoms with Crippen LogP contribution in [-0.2, 0) is 14.4 Å². The average molecular weight is 308 g/mol. The minimum atomic E-state index is -1.06. The summed E-state index contributed by atoms with van der Waals surface area (Å²) in [6.07, 6.45) is 0. The Hall–Kier alpha value is -2.57. The zero-order valence-electron chi connectivity index (χ0n) is 12.8. The van der Waals surface area contributed by atoms with Crippen LogP contribution in [-0.4, -0.2) is 36.0 Å². The van der Waals surface area contributed by atoms with Gasteiger partial charge in [0.1, 0.15) is 5.75 Å². The van der Waals surface area contributed by atoms with E-state index >= 15 is 0 Å². The number of amides is 2. The zero-order chi connectivity index (χ0) is 16.8. The fraction of sp³-hybridized carbons (Fsp3) is 0.400. The Morgan fingerprint density at radius 2 is 1.73 bits per heavy atom. The Morgan fingerprint density at radius 1 is 1.14 bits per heavy atom. The molecular weight excluding hydrogens is 288 g/mol. The van der Waals surface area contributed by atoms with Crippen LogP contribution in [0.15, 0.2) is 24.3 Å². The van der Waals surface area contributed by atoms with E-state index in [4.69, 9.17) is 9.84 Å². The van der Waals surface area contributed by atoms with Crippen molar-refractivity contribution in [2.45, 2.75) is 20.8 Å². The molecule has 0 spiro atoms. The van der Waals surface area contributed by atoms with Crippen molar-refractivity contribution in [3.05, 3.63) is 24.3 Å². The highest BCUT2D eigenvalue weighted by Crippen LogP contribution is 2.15. The summed E-state index contributed by atoms with van der Waals surface area (Å²) >= 11 is 0. The molecule has 0 aliphatic rings. The summed E-state index contributed by atoms with van der Waals surface area (Å²) in [5.74, 6) is -1.23. The van der Waals surface area contributed by atoms with Gasteiger partial charge in [0.25, 0.3) is 0 Å². The highest BCUT2D eigenvalue weighted by molar-refractivity contribution is 5.95. The smallest absolute Gasteiger partial charge is 0.341 e. The highest BCUT2D eigenvalue weighted by Gasteiger charge is 2.21. The molecule has 7 nitrogen and oxygen atoms in total. The third-order valence-corrected chi connectivity index (χ3v) is 2.59. The van der Waals surface area contributed by atoms with Crippen molar-refractivity contribution in [2.75, 3.05) is 18.5 Å². The molecule has 7 heteroatoms. The van der Waals surface area contributed by atoms with E-state index in [1.54, 1.807) is 45.0 Å². The summed E-state index contributed by atoms with van der Waals surface area (Å²) in [7, 11) is 0. The quantitative estimate of drug-likeness (QED) is 0.733. The number of hydrogen-bond acceptors (Lipinski definition) is 4. The van der Waals surface area contributed by atoms with Crippen LogP contribution < -0.4 is 15.4 Å². The first-order valence-corrected chi connectivity index (χ1v) is 6.71. The number of anilines is 1. The van der Waals surface area contributed by atoms with Crippen LogP contribution in [0.2, 0.25) is 0 Å². The molecule has 22 heavy (non-hydrogen) atoms. The minimum Gasteiger partial charge on any atom is -0.482 e. The summed E-state index contributed by atoms with van der Waals surface area (Å²) in [5.41, 5.74) is -0.0265. The van der Waals surface area contributed by atoms with Gasteiger partial charge in [-0.3, -0.25) is 9.59 Å². The Bertz CT molecular complexity index is 546. The van der Waals surface area contributed by atoms with Gasteiger partial charge in [-0.25, -0.2) is 4.79 Å². The van der Waals surface area contributed by atoms with E-state index in [-0.39, 0.29) is 18.4 Å². The number of hydrogen-bond donors (Lipinski definition) is 3. The number of ether oxygens (including phenoxy) is 1. The summed E-state index contributed by atoms with van der Waals surface area (Å²) in [4.78, 5) is 33.7. The molecule has 0 aliphatic heterocycles. The van der Waals surface area contributed by atoms with Crippen LogP contribution in [0.4, 0.5) is 5.69 Å². The van der Waals surface area contributed by atoms with Crippen LogP contribution in [0.5, 0.6) is 5.75 Å². The molecule has 1 aromatic carbocycles. The van der Waals surface area contributed by atoms with Gasteiger partial charge in [0.15, 0.2) is 6.61 Å². The first kappa shape index (κ1) is 17.5. The molecule has 0 fully saturated rings. The lowest BCUT2D eigenvalue weighted by atomic mass is 9.96. The van der Waals surface area contributed by atoms with E-state index in [1.807, 2.05) is 0 Å². The normalized spacial score (nSPS) is 10.7. The summed E-state index contributed by atoms with van der Waals surface area (Å²) in [5, 5.41) is 13.7. The van der Waals surface area contributed by atoms with Gasteiger partial charge in [0.2, 0.25) is 11.8 Å². The molecule has 0 unspecified atom stereocenters. The molecule has 0 atom stereocenters. The van der Waals surface area contributed by atoms with Crippen molar-refractivity contribution in [2.24, 2.45) is 5.41 Å². The van der Waals surface area contributed by atoms with Gasteiger partial charge in [-0.1, -0.05) is 20.8 Å². The SMILES string of the molecule is CC(C)(C)C(=O)NCC(=O)Nc1ccc(OCC(=O)O)cc1. The van der Waals surface area contributed by atoms with Gasteiger partial charge in [-0.2, -0.15) is 0 Å². The Labute approximate surface area is 128 Å². The number of nitrogens with one attached hydrogen (secondary N) is 2. The van der Waals surface area contributed by atoms with E-state index in [9.17, 15) is 14.4 Å². The third-order valence-electron chi connectivity index (χ3n) is 2.59. The van der Waals surface area contributed by atoms with Crippen LogP contribution in [0, 0.1) is 5.41 Å². The monoisotopic (exact) mass is 308 g/mol. The maximum Gasteiger partial charge on any atom is 0.341 e. The van der Waals surface area contributed by atoms with Gasteiger partial charge in [0, 0.05) is 11.1 Å². The Balaban J connectivity index is 2.45. The predicted molar refractivity (Wildman–Crippen MR) is 80.7 cm³/mol. The highest BCUT2D eigenvalue weighted by atomic mass is 16.5. The van der Waals surface area contributed by atoms with Gasteiger partial charge >= 0.3 is 5.97 Å². The molecule has 0 bridgehead atoms. The molecule has 0 saturated heterocycles. The second-order valence-electron chi connectivity index (χ2n) is 5.69. The number of carboxylic acids is 1. The maximum atomic E-state index is 11.7.